The molecule has 0 saturated heterocycles. The van der Waals surface area contributed by atoms with E-state index in [-0.39, 0.29) is 23.1 Å². The van der Waals surface area contributed by atoms with Crippen molar-refractivity contribution in [3.8, 4) is 0 Å². The summed E-state index contributed by atoms with van der Waals surface area (Å²) in [5.74, 6) is -0.336. The van der Waals surface area contributed by atoms with Gasteiger partial charge in [0.2, 0.25) is 5.91 Å². The number of rotatable bonds is 7. The maximum atomic E-state index is 13.3. The Labute approximate surface area is 166 Å². The number of aromatic amines is 1. The van der Waals surface area contributed by atoms with E-state index in [0.29, 0.717) is 19.4 Å². The van der Waals surface area contributed by atoms with Gasteiger partial charge in [-0.2, -0.15) is 13.2 Å². The van der Waals surface area contributed by atoms with Crippen LogP contribution in [0.4, 0.5) is 18.9 Å². The van der Waals surface area contributed by atoms with Gasteiger partial charge < -0.3 is 15.6 Å². The van der Waals surface area contributed by atoms with Crippen LogP contribution >= 0.6 is 0 Å². The third-order valence-electron chi connectivity index (χ3n) is 4.95. The minimum Gasteiger partial charge on any atom is -0.352 e. The second-order valence-corrected chi connectivity index (χ2v) is 7.16. The lowest BCUT2D eigenvalue weighted by Crippen LogP contribution is -2.26. The number of nitrogens with one attached hydrogen (secondary N) is 3. The number of amides is 2. The van der Waals surface area contributed by atoms with Gasteiger partial charge in [-0.25, -0.2) is 4.98 Å². The lowest BCUT2D eigenvalue weighted by Gasteiger charge is -2.15. The van der Waals surface area contributed by atoms with Gasteiger partial charge in [0.1, 0.15) is 5.82 Å². The second kappa shape index (κ2) is 9.11. The van der Waals surface area contributed by atoms with Crippen molar-refractivity contribution in [3.63, 3.8) is 0 Å². The third-order valence-corrected chi connectivity index (χ3v) is 4.95. The number of halogens is 3. The molecule has 1 aromatic carbocycles. The molecule has 156 valence electrons. The maximum Gasteiger partial charge on any atom is 0.416 e. The van der Waals surface area contributed by atoms with Crippen LogP contribution < -0.4 is 10.6 Å². The quantitative estimate of drug-likeness (QED) is 0.607. The van der Waals surface area contributed by atoms with Crippen LogP contribution in [0.15, 0.2) is 30.6 Å². The molecule has 2 amide bonds. The molecule has 9 heteroatoms. The van der Waals surface area contributed by atoms with E-state index in [2.05, 4.69) is 20.6 Å². The fourth-order valence-corrected chi connectivity index (χ4v) is 3.42. The van der Waals surface area contributed by atoms with Gasteiger partial charge in [0.15, 0.2) is 0 Å². The zero-order valence-electron chi connectivity index (χ0n) is 15.8. The lowest BCUT2D eigenvalue weighted by molar-refractivity contribution is -0.137. The van der Waals surface area contributed by atoms with Crippen molar-refractivity contribution in [2.45, 2.75) is 44.7 Å². The molecule has 1 heterocycles. The minimum absolute atomic E-state index is 0.0162. The third kappa shape index (κ3) is 5.82. The number of imidazole rings is 1. The Hall–Kier alpha value is -2.84. The molecule has 0 aliphatic heterocycles. The van der Waals surface area contributed by atoms with E-state index in [4.69, 9.17) is 0 Å². The van der Waals surface area contributed by atoms with Gasteiger partial charge in [0, 0.05) is 42.5 Å². The number of alkyl halides is 3. The van der Waals surface area contributed by atoms with Crippen molar-refractivity contribution in [2.24, 2.45) is 5.92 Å². The molecule has 1 aromatic heterocycles. The van der Waals surface area contributed by atoms with E-state index in [1.807, 2.05) is 0 Å². The number of aryl methyl sites for hydroxylation is 1. The Morgan fingerprint density at radius 3 is 2.59 bits per heavy atom. The van der Waals surface area contributed by atoms with E-state index >= 15 is 0 Å². The van der Waals surface area contributed by atoms with Crippen LogP contribution in [-0.4, -0.2) is 28.3 Å². The highest BCUT2D eigenvalue weighted by atomic mass is 19.4. The fraction of sp³-hybridized carbons (Fsp3) is 0.450. The number of hydrogen-bond donors (Lipinski definition) is 3. The fourth-order valence-electron chi connectivity index (χ4n) is 3.42. The molecule has 6 nitrogen and oxygen atoms in total. The number of carbonyl (C=O) groups excluding carboxylic acids is 2. The summed E-state index contributed by atoms with van der Waals surface area (Å²) < 4.78 is 39.8. The number of benzene rings is 1. The average Bonchev–Trinajstić information content (AvgIpc) is 3.38. The minimum atomic E-state index is -4.62. The van der Waals surface area contributed by atoms with Crippen molar-refractivity contribution >= 4 is 17.5 Å². The summed E-state index contributed by atoms with van der Waals surface area (Å²) in [6.45, 7) is 0.291. The van der Waals surface area contributed by atoms with Gasteiger partial charge in [-0.3, -0.25) is 9.59 Å². The molecule has 1 saturated carbocycles. The number of aromatic nitrogens is 2. The molecular weight excluding hydrogens is 385 g/mol. The number of carbonyl (C=O) groups is 2. The predicted octanol–water partition coefficient (Wildman–Crippen LogP) is 3.92. The van der Waals surface area contributed by atoms with Crippen LogP contribution in [0.3, 0.4) is 0 Å². The SMILES string of the molecule is O=C(NCCCc1ncc[nH]1)c1cc(NC(=O)C2CCCC2)cc(C(F)(F)F)c1. The maximum absolute atomic E-state index is 13.3. The summed E-state index contributed by atoms with van der Waals surface area (Å²) in [4.78, 5) is 31.7. The summed E-state index contributed by atoms with van der Waals surface area (Å²) in [6, 6.07) is 2.94. The van der Waals surface area contributed by atoms with Gasteiger partial charge >= 0.3 is 6.18 Å². The average molecular weight is 408 g/mol. The zero-order chi connectivity index (χ0) is 20.9. The molecule has 3 N–H and O–H groups in total. The molecule has 0 atom stereocenters. The van der Waals surface area contributed by atoms with E-state index in [0.717, 1.165) is 43.6 Å². The summed E-state index contributed by atoms with van der Waals surface area (Å²) >= 11 is 0. The molecule has 0 bridgehead atoms. The molecular formula is C20H23F3N4O2. The van der Waals surface area contributed by atoms with Crippen molar-refractivity contribution in [1.82, 2.24) is 15.3 Å². The van der Waals surface area contributed by atoms with Crippen molar-refractivity contribution in [1.29, 1.82) is 0 Å². The van der Waals surface area contributed by atoms with Crippen molar-refractivity contribution in [3.05, 3.63) is 47.5 Å². The van der Waals surface area contributed by atoms with Crippen LogP contribution in [0.25, 0.3) is 0 Å². The highest BCUT2D eigenvalue weighted by Crippen LogP contribution is 2.33. The highest BCUT2D eigenvalue weighted by Gasteiger charge is 2.32. The Bertz CT molecular complexity index is 844. The first-order valence-corrected chi connectivity index (χ1v) is 9.62. The first kappa shape index (κ1) is 20.9. The van der Waals surface area contributed by atoms with Crippen molar-refractivity contribution < 1.29 is 22.8 Å². The van der Waals surface area contributed by atoms with Gasteiger partial charge in [0.25, 0.3) is 5.91 Å². The van der Waals surface area contributed by atoms with E-state index in [1.165, 1.54) is 6.07 Å². The monoisotopic (exact) mass is 408 g/mol. The number of hydrogen-bond acceptors (Lipinski definition) is 3. The first-order chi connectivity index (χ1) is 13.8. The standard InChI is InChI=1S/C20H23F3N4O2/c21-20(22,23)15-10-14(18(28)26-7-3-6-17-24-8-9-25-17)11-16(12-15)27-19(29)13-4-1-2-5-13/h8-13H,1-7H2,(H,24,25)(H,26,28)(H,27,29). The molecule has 1 fully saturated rings. The molecule has 0 unspecified atom stereocenters. The molecule has 29 heavy (non-hydrogen) atoms. The second-order valence-electron chi connectivity index (χ2n) is 7.16. The van der Waals surface area contributed by atoms with Crippen LogP contribution in [0.5, 0.6) is 0 Å². The van der Waals surface area contributed by atoms with Crippen LogP contribution in [0, 0.1) is 5.92 Å². The largest absolute Gasteiger partial charge is 0.416 e. The van der Waals surface area contributed by atoms with Gasteiger partial charge in [-0.15, -0.1) is 0 Å². The topological polar surface area (TPSA) is 86.9 Å². The van der Waals surface area contributed by atoms with E-state index < -0.39 is 17.6 Å². The Balaban J connectivity index is 1.67. The number of H-pyrrole nitrogens is 1. The van der Waals surface area contributed by atoms with Gasteiger partial charge in [-0.05, 0) is 37.5 Å². The summed E-state index contributed by atoms with van der Waals surface area (Å²) in [5, 5.41) is 5.16. The van der Waals surface area contributed by atoms with Crippen molar-refractivity contribution in [2.75, 3.05) is 11.9 Å². The molecule has 1 aliphatic rings. The Kier molecular flexibility index (Phi) is 6.56. The Morgan fingerprint density at radius 2 is 1.93 bits per heavy atom. The molecule has 0 radical (unpaired) electrons. The molecule has 3 rings (SSSR count). The smallest absolute Gasteiger partial charge is 0.352 e. The number of nitrogens with zero attached hydrogens (tertiary/aromatic N) is 1. The number of anilines is 1. The summed E-state index contributed by atoms with van der Waals surface area (Å²) in [5.41, 5.74) is -1.13. The molecule has 0 spiro atoms. The van der Waals surface area contributed by atoms with Crippen LogP contribution in [0.1, 0.15) is 53.8 Å². The normalized spacial score (nSPS) is 14.7. The lowest BCUT2D eigenvalue weighted by atomic mass is 10.1. The van der Waals surface area contributed by atoms with E-state index in [1.54, 1.807) is 12.4 Å². The van der Waals surface area contributed by atoms with Crippen LogP contribution in [0.2, 0.25) is 0 Å². The summed E-state index contributed by atoms with van der Waals surface area (Å²) in [6.07, 6.45) is 3.22. The first-order valence-electron chi connectivity index (χ1n) is 9.62. The molecule has 2 aromatic rings. The summed E-state index contributed by atoms with van der Waals surface area (Å²) in [7, 11) is 0. The predicted molar refractivity (Wildman–Crippen MR) is 101 cm³/mol. The van der Waals surface area contributed by atoms with Crippen LogP contribution in [-0.2, 0) is 17.4 Å². The van der Waals surface area contributed by atoms with Gasteiger partial charge in [0.05, 0.1) is 5.56 Å². The highest BCUT2D eigenvalue weighted by molar-refractivity contribution is 5.98. The molecule has 1 aliphatic carbocycles. The Morgan fingerprint density at radius 1 is 1.17 bits per heavy atom. The zero-order valence-corrected chi connectivity index (χ0v) is 15.8. The van der Waals surface area contributed by atoms with E-state index in [9.17, 15) is 22.8 Å². The van der Waals surface area contributed by atoms with Gasteiger partial charge in [-0.1, -0.05) is 12.8 Å².